The molecule has 146 valence electrons. The maximum atomic E-state index is 11.1. The first kappa shape index (κ1) is 17.2. The van der Waals surface area contributed by atoms with Crippen LogP contribution in [0.2, 0.25) is 0 Å². The van der Waals surface area contributed by atoms with Crippen LogP contribution in [0.5, 0.6) is 0 Å². The number of hydrogen-bond acceptors (Lipinski definition) is 5. The van der Waals surface area contributed by atoms with E-state index in [0.717, 1.165) is 38.9 Å². The number of aromatic amines is 1. The number of carboxylic acid groups (broad SMARTS) is 1. The molecule has 0 saturated heterocycles. The molecule has 0 unspecified atom stereocenters. The highest BCUT2D eigenvalue weighted by Crippen LogP contribution is 2.29. The minimum atomic E-state index is -0.889. The number of nitrogens with zero attached hydrogens (tertiary/aromatic N) is 5. The Balaban J connectivity index is 1.46. The first-order valence-corrected chi connectivity index (χ1v) is 9.28. The van der Waals surface area contributed by atoms with Crippen molar-refractivity contribution in [1.29, 1.82) is 0 Å². The van der Waals surface area contributed by atoms with Crippen LogP contribution in [0.15, 0.2) is 42.9 Å². The molecule has 1 aliphatic heterocycles. The summed E-state index contributed by atoms with van der Waals surface area (Å²) >= 11 is 0. The lowest BCUT2D eigenvalue weighted by molar-refractivity contribution is 0.150. The zero-order chi connectivity index (χ0) is 20.0. The molecule has 1 aliphatic rings. The third kappa shape index (κ3) is 3.06. The Kier molecular flexibility index (Phi) is 3.94. The van der Waals surface area contributed by atoms with Gasteiger partial charge in [-0.25, -0.2) is 14.8 Å². The molecule has 3 aromatic heterocycles. The van der Waals surface area contributed by atoms with Gasteiger partial charge in [-0.3, -0.25) is 4.68 Å². The second kappa shape index (κ2) is 6.62. The third-order valence-corrected chi connectivity index (χ3v) is 5.26. The first-order chi connectivity index (χ1) is 14.1. The zero-order valence-electron chi connectivity index (χ0n) is 15.8. The van der Waals surface area contributed by atoms with Crippen LogP contribution in [0.25, 0.3) is 27.5 Å². The van der Waals surface area contributed by atoms with Crippen LogP contribution in [-0.4, -0.2) is 53.9 Å². The maximum Gasteiger partial charge on any atom is 0.407 e. The normalized spacial score (nSPS) is 14.4. The number of benzene rings is 1. The van der Waals surface area contributed by atoms with Gasteiger partial charge in [-0.2, -0.15) is 5.10 Å². The highest BCUT2D eigenvalue weighted by atomic mass is 16.4. The van der Waals surface area contributed by atoms with Gasteiger partial charge in [0.15, 0.2) is 0 Å². The van der Waals surface area contributed by atoms with E-state index in [1.807, 2.05) is 48.3 Å². The second-order valence-corrected chi connectivity index (χ2v) is 7.04. The molecule has 4 heterocycles. The smallest absolute Gasteiger partial charge is 0.407 e. The van der Waals surface area contributed by atoms with E-state index < -0.39 is 6.09 Å². The third-order valence-electron chi connectivity index (χ3n) is 5.26. The van der Waals surface area contributed by atoms with Crippen LogP contribution < -0.4 is 5.32 Å². The van der Waals surface area contributed by atoms with Crippen molar-refractivity contribution in [3.05, 3.63) is 48.6 Å². The van der Waals surface area contributed by atoms with Gasteiger partial charge in [0.2, 0.25) is 0 Å². The molecule has 9 nitrogen and oxygen atoms in total. The molecule has 4 aromatic rings. The predicted octanol–water partition coefficient (Wildman–Crippen LogP) is 3.36. The summed E-state index contributed by atoms with van der Waals surface area (Å²) < 4.78 is 1.84. The van der Waals surface area contributed by atoms with E-state index in [2.05, 4.69) is 25.4 Å². The number of amides is 1. The van der Waals surface area contributed by atoms with Gasteiger partial charge < -0.3 is 20.3 Å². The first-order valence-electron chi connectivity index (χ1n) is 9.28. The number of fused-ring (bicyclic) bond motifs is 2. The molecular weight excluding hydrogens is 370 g/mol. The lowest BCUT2D eigenvalue weighted by Crippen LogP contribution is -2.33. The van der Waals surface area contributed by atoms with Gasteiger partial charge in [0.1, 0.15) is 17.8 Å². The lowest BCUT2D eigenvalue weighted by atomic mass is 10.1. The Hall–Kier alpha value is -3.88. The fraction of sp³-hybridized carbons (Fsp3) is 0.200. The predicted molar refractivity (Wildman–Crippen MR) is 110 cm³/mol. The van der Waals surface area contributed by atoms with Crippen molar-refractivity contribution in [3.63, 3.8) is 0 Å². The van der Waals surface area contributed by atoms with E-state index >= 15 is 0 Å². The average Bonchev–Trinajstić information content (AvgIpc) is 3.32. The Morgan fingerprint density at radius 3 is 2.97 bits per heavy atom. The molecule has 9 heteroatoms. The molecule has 0 atom stereocenters. The van der Waals surface area contributed by atoms with Gasteiger partial charge >= 0.3 is 6.09 Å². The maximum absolute atomic E-state index is 11.1. The van der Waals surface area contributed by atoms with Crippen molar-refractivity contribution in [1.82, 2.24) is 29.6 Å². The molecule has 0 spiro atoms. The van der Waals surface area contributed by atoms with Gasteiger partial charge in [0, 0.05) is 36.9 Å². The molecule has 1 aromatic carbocycles. The number of carbonyl (C=O) groups is 1. The number of anilines is 2. The number of H-pyrrole nitrogens is 1. The lowest BCUT2D eigenvalue weighted by Gasteiger charge is -2.23. The number of aryl methyl sites for hydroxylation is 1. The van der Waals surface area contributed by atoms with Crippen LogP contribution >= 0.6 is 0 Å². The molecular formula is C20H19N7O2. The van der Waals surface area contributed by atoms with Crippen molar-refractivity contribution in [3.8, 4) is 0 Å². The summed E-state index contributed by atoms with van der Waals surface area (Å²) in [5.41, 5.74) is 4.75. The molecule has 0 saturated carbocycles. The van der Waals surface area contributed by atoms with Crippen molar-refractivity contribution >= 4 is 45.1 Å². The van der Waals surface area contributed by atoms with Gasteiger partial charge in [-0.1, -0.05) is 6.08 Å². The Morgan fingerprint density at radius 1 is 1.28 bits per heavy atom. The fourth-order valence-corrected chi connectivity index (χ4v) is 3.68. The van der Waals surface area contributed by atoms with Crippen LogP contribution in [0.3, 0.4) is 0 Å². The largest absolute Gasteiger partial charge is 0.465 e. The van der Waals surface area contributed by atoms with E-state index in [4.69, 9.17) is 5.11 Å². The highest BCUT2D eigenvalue weighted by molar-refractivity contribution is 5.93. The Labute approximate surface area is 165 Å². The van der Waals surface area contributed by atoms with Crippen LogP contribution in [0, 0.1) is 0 Å². The molecule has 3 N–H and O–H groups in total. The van der Waals surface area contributed by atoms with Crippen molar-refractivity contribution in [2.24, 2.45) is 7.05 Å². The molecule has 29 heavy (non-hydrogen) atoms. The van der Waals surface area contributed by atoms with E-state index in [1.54, 1.807) is 0 Å². The van der Waals surface area contributed by atoms with Crippen molar-refractivity contribution < 1.29 is 9.90 Å². The second-order valence-electron chi connectivity index (χ2n) is 7.04. The van der Waals surface area contributed by atoms with Crippen LogP contribution in [-0.2, 0) is 7.05 Å². The van der Waals surface area contributed by atoms with Crippen molar-refractivity contribution in [2.45, 2.75) is 6.42 Å². The molecule has 0 radical (unpaired) electrons. The average molecular weight is 389 g/mol. The zero-order valence-corrected chi connectivity index (χ0v) is 15.8. The van der Waals surface area contributed by atoms with E-state index in [9.17, 15) is 4.79 Å². The monoisotopic (exact) mass is 389 g/mol. The summed E-state index contributed by atoms with van der Waals surface area (Å²) in [5.74, 6) is 0.712. The van der Waals surface area contributed by atoms with Crippen LogP contribution in [0.4, 0.5) is 16.3 Å². The number of hydrogen-bond donors (Lipinski definition) is 3. The van der Waals surface area contributed by atoms with E-state index in [0.29, 0.717) is 25.3 Å². The molecule has 0 fully saturated rings. The summed E-state index contributed by atoms with van der Waals surface area (Å²) in [6.07, 6.45) is 5.07. The summed E-state index contributed by atoms with van der Waals surface area (Å²) in [6.45, 7) is 0.875. The van der Waals surface area contributed by atoms with Gasteiger partial charge in [0.05, 0.1) is 17.1 Å². The van der Waals surface area contributed by atoms with Gasteiger partial charge in [-0.05, 0) is 36.3 Å². The van der Waals surface area contributed by atoms with Crippen molar-refractivity contribution in [2.75, 3.05) is 18.4 Å². The van der Waals surface area contributed by atoms with E-state index in [1.165, 1.54) is 11.2 Å². The highest BCUT2D eigenvalue weighted by Gasteiger charge is 2.18. The number of aromatic nitrogens is 5. The number of nitrogens with one attached hydrogen (secondary N) is 2. The van der Waals surface area contributed by atoms with Crippen LogP contribution in [0.1, 0.15) is 12.1 Å². The minimum absolute atomic E-state index is 0.391. The SMILES string of the molecule is Cn1ncc2cc(Nc3ncnc4[nH]c(C5=CCN(C(=O)O)CC5)cc34)ccc21. The van der Waals surface area contributed by atoms with Gasteiger partial charge in [-0.15, -0.1) is 0 Å². The summed E-state index contributed by atoms with van der Waals surface area (Å²) in [7, 11) is 1.92. The molecule has 0 aliphatic carbocycles. The molecule has 5 rings (SSSR count). The quantitative estimate of drug-likeness (QED) is 0.495. The Bertz CT molecular complexity index is 1270. The summed E-state index contributed by atoms with van der Waals surface area (Å²) in [6, 6.07) is 8.07. The standard InChI is InChI=1S/C20H19N7O2/c1-26-17-3-2-14(8-13(17)10-23-26)24-18-15-9-16(25-19(15)22-11-21-18)12-4-6-27(7-5-12)20(28)29/h2-4,8-11H,5-7H2,1H3,(H,28,29)(H2,21,22,24,25). The van der Waals surface area contributed by atoms with Gasteiger partial charge in [0.25, 0.3) is 0 Å². The summed E-state index contributed by atoms with van der Waals surface area (Å²) in [4.78, 5) is 24.6. The topological polar surface area (TPSA) is 112 Å². The summed E-state index contributed by atoms with van der Waals surface area (Å²) in [5, 5.41) is 18.7. The fourth-order valence-electron chi connectivity index (χ4n) is 3.68. The molecule has 1 amide bonds. The number of rotatable bonds is 3. The van der Waals surface area contributed by atoms with E-state index in [-0.39, 0.29) is 0 Å². The molecule has 0 bridgehead atoms. The minimum Gasteiger partial charge on any atom is -0.465 e. The Morgan fingerprint density at radius 2 is 2.17 bits per heavy atom.